The molecule has 19 heavy (non-hydrogen) atoms. The second kappa shape index (κ2) is 8.04. The van der Waals surface area contributed by atoms with Gasteiger partial charge < -0.3 is 4.98 Å². The number of aryl methyl sites for hydroxylation is 1. The molecule has 1 aromatic heterocycles. The van der Waals surface area contributed by atoms with Crippen LogP contribution in [0, 0.1) is 6.42 Å². The zero-order chi connectivity index (χ0) is 13.3. The number of hydrogen-bond donors (Lipinski definition) is 1. The lowest BCUT2D eigenvalue weighted by molar-refractivity contribution is 0.622. The van der Waals surface area contributed by atoms with Gasteiger partial charge in [-0.1, -0.05) is 63.6 Å². The van der Waals surface area contributed by atoms with Gasteiger partial charge in [0.2, 0.25) is 0 Å². The van der Waals surface area contributed by atoms with Gasteiger partial charge >= 0.3 is 0 Å². The maximum atomic E-state index is 3.35. The quantitative estimate of drug-likeness (QED) is 0.557. The summed E-state index contributed by atoms with van der Waals surface area (Å²) in [6, 6.07) is 8.57. The summed E-state index contributed by atoms with van der Waals surface area (Å²) in [7, 11) is 0. The Balaban J connectivity index is 1.63. The van der Waals surface area contributed by atoms with Crippen LogP contribution in [0.4, 0.5) is 0 Å². The van der Waals surface area contributed by atoms with Crippen molar-refractivity contribution in [2.24, 2.45) is 0 Å². The number of fused-ring (bicyclic) bond motifs is 1. The monoisotopic (exact) mass is 256 g/mol. The highest BCUT2D eigenvalue weighted by atomic mass is 14.7. The van der Waals surface area contributed by atoms with Crippen LogP contribution in [0.2, 0.25) is 0 Å². The van der Waals surface area contributed by atoms with Crippen LogP contribution in [0.5, 0.6) is 0 Å². The summed E-state index contributed by atoms with van der Waals surface area (Å²) in [4.78, 5) is 3.35. The van der Waals surface area contributed by atoms with Crippen LogP contribution in [-0.2, 0) is 6.42 Å². The number of unbranched alkanes of at least 4 members (excludes halogenated alkanes) is 7. The number of aromatic nitrogens is 1. The molecule has 0 aliphatic rings. The number of aromatic amines is 1. The molecular formula is C18H26N. The van der Waals surface area contributed by atoms with E-state index >= 15 is 0 Å². The molecule has 0 amide bonds. The fraction of sp³-hybridized carbons (Fsp3) is 0.500. The molecule has 0 fully saturated rings. The fourth-order valence-corrected chi connectivity index (χ4v) is 2.63. The van der Waals surface area contributed by atoms with Crippen molar-refractivity contribution >= 4 is 10.9 Å². The minimum absolute atomic E-state index is 1.17. The highest BCUT2D eigenvalue weighted by Gasteiger charge is 2.02. The largest absolute Gasteiger partial charge is 0.361 e. The van der Waals surface area contributed by atoms with Gasteiger partial charge in [0.1, 0.15) is 0 Å². The van der Waals surface area contributed by atoms with Crippen LogP contribution < -0.4 is 0 Å². The van der Waals surface area contributed by atoms with E-state index < -0.39 is 0 Å². The fourth-order valence-electron chi connectivity index (χ4n) is 2.63. The number of hydrogen-bond acceptors (Lipinski definition) is 0. The molecule has 0 aliphatic carbocycles. The first-order chi connectivity index (χ1) is 9.42. The maximum absolute atomic E-state index is 3.35. The average Bonchev–Trinajstić information content (AvgIpc) is 2.85. The van der Waals surface area contributed by atoms with Crippen molar-refractivity contribution in [2.45, 2.75) is 58.3 Å². The minimum atomic E-state index is 1.17. The standard InChI is InChI=1S/C18H26N/c1-2-3-4-5-6-7-8-9-12-16-15-19-18-14-11-10-13-17(16)18/h8,10-11,13-15,19H,2-7,9,12H2,1H3. The van der Waals surface area contributed by atoms with Crippen molar-refractivity contribution in [3.8, 4) is 0 Å². The Morgan fingerprint density at radius 2 is 1.84 bits per heavy atom. The van der Waals surface area contributed by atoms with E-state index in [9.17, 15) is 0 Å². The van der Waals surface area contributed by atoms with Gasteiger partial charge in [0.15, 0.2) is 0 Å². The first-order valence-electron chi connectivity index (χ1n) is 7.78. The van der Waals surface area contributed by atoms with E-state index in [4.69, 9.17) is 0 Å². The van der Waals surface area contributed by atoms with Crippen LogP contribution in [0.15, 0.2) is 30.5 Å². The number of para-hydroxylation sites is 1. The highest BCUT2D eigenvalue weighted by Crippen LogP contribution is 2.19. The van der Waals surface area contributed by atoms with E-state index in [0.29, 0.717) is 0 Å². The van der Waals surface area contributed by atoms with Crippen LogP contribution in [0.3, 0.4) is 0 Å². The molecule has 103 valence electrons. The van der Waals surface area contributed by atoms with Gasteiger partial charge in [-0.15, -0.1) is 0 Å². The van der Waals surface area contributed by atoms with E-state index in [0.717, 1.165) is 0 Å². The summed E-state index contributed by atoms with van der Waals surface area (Å²) in [6.45, 7) is 2.27. The third-order valence-electron chi connectivity index (χ3n) is 3.80. The number of benzene rings is 1. The third kappa shape index (κ3) is 4.41. The van der Waals surface area contributed by atoms with E-state index in [1.54, 1.807) is 0 Å². The van der Waals surface area contributed by atoms with Crippen molar-refractivity contribution in [3.05, 3.63) is 42.4 Å². The second-order valence-corrected chi connectivity index (χ2v) is 5.39. The molecule has 2 aromatic rings. The molecule has 0 saturated heterocycles. The minimum Gasteiger partial charge on any atom is -0.361 e. The molecule has 0 saturated carbocycles. The molecule has 0 atom stereocenters. The molecule has 0 aliphatic heterocycles. The molecule has 0 spiro atoms. The summed E-state index contributed by atoms with van der Waals surface area (Å²) >= 11 is 0. The third-order valence-corrected chi connectivity index (χ3v) is 3.80. The van der Waals surface area contributed by atoms with Gasteiger partial charge in [-0.3, -0.25) is 0 Å². The van der Waals surface area contributed by atoms with Crippen LogP contribution in [-0.4, -0.2) is 4.98 Å². The predicted molar refractivity (Wildman–Crippen MR) is 84.3 cm³/mol. The summed E-state index contributed by atoms with van der Waals surface area (Å²) < 4.78 is 0. The lowest BCUT2D eigenvalue weighted by atomic mass is 10.0. The van der Waals surface area contributed by atoms with E-state index in [1.165, 1.54) is 67.8 Å². The van der Waals surface area contributed by atoms with Crippen molar-refractivity contribution < 1.29 is 0 Å². The van der Waals surface area contributed by atoms with Gasteiger partial charge in [-0.2, -0.15) is 0 Å². The van der Waals surface area contributed by atoms with Crippen molar-refractivity contribution in [1.82, 2.24) is 4.98 Å². The van der Waals surface area contributed by atoms with Gasteiger partial charge in [0.25, 0.3) is 0 Å². The topological polar surface area (TPSA) is 15.8 Å². The summed E-state index contributed by atoms with van der Waals surface area (Å²) in [5.41, 5.74) is 2.72. The van der Waals surface area contributed by atoms with Gasteiger partial charge in [0.05, 0.1) is 0 Å². The Morgan fingerprint density at radius 1 is 1.00 bits per heavy atom. The first-order valence-corrected chi connectivity index (χ1v) is 7.78. The van der Waals surface area contributed by atoms with Crippen molar-refractivity contribution in [2.75, 3.05) is 0 Å². The van der Waals surface area contributed by atoms with E-state index in [2.05, 4.69) is 48.8 Å². The Kier molecular flexibility index (Phi) is 6.00. The van der Waals surface area contributed by atoms with Crippen molar-refractivity contribution in [1.29, 1.82) is 0 Å². The van der Waals surface area contributed by atoms with E-state index in [-0.39, 0.29) is 0 Å². The summed E-state index contributed by atoms with van der Waals surface area (Å²) in [5.74, 6) is 0. The molecule has 2 rings (SSSR count). The molecule has 1 heterocycles. The maximum Gasteiger partial charge on any atom is 0.0456 e. The van der Waals surface area contributed by atoms with Gasteiger partial charge in [0, 0.05) is 17.1 Å². The number of rotatable bonds is 9. The highest BCUT2D eigenvalue weighted by molar-refractivity contribution is 5.82. The Bertz CT molecular complexity index is 469. The van der Waals surface area contributed by atoms with Crippen molar-refractivity contribution in [3.63, 3.8) is 0 Å². The zero-order valence-corrected chi connectivity index (χ0v) is 12.1. The molecule has 1 aromatic carbocycles. The normalized spacial score (nSPS) is 11.2. The molecule has 0 unspecified atom stereocenters. The Hall–Kier alpha value is -1.24. The Labute approximate surface area is 117 Å². The lowest BCUT2D eigenvalue weighted by Gasteiger charge is -2.01. The van der Waals surface area contributed by atoms with E-state index in [1.807, 2.05) is 0 Å². The summed E-state index contributed by atoms with van der Waals surface area (Å²) in [6.07, 6.45) is 15.2. The summed E-state index contributed by atoms with van der Waals surface area (Å²) in [5, 5.41) is 1.39. The second-order valence-electron chi connectivity index (χ2n) is 5.39. The van der Waals surface area contributed by atoms with Crippen LogP contribution in [0.1, 0.15) is 57.4 Å². The molecule has 0 bridgehead atoms. The first kappa shape index (κ1) is 14.2. The lowest BCUT2D eigenvalue weighted by Crippen LogP contribution is -1.86. The smallest absolute Gasteiger partial charge is 0.0456 e. The van der Waals surface area contributed by atoms with Gasteiger partial charge in [-0.05, 0) is 30.9 Å². The van der Waals surface area contributed by atoms with Gasteiger partial charge in [-0.25, -0.2) is 0 Å². The molecular weight excluding hydrogens is 230 g/mol. The van der Waals surface area contributed by atoms with Crippen LogP contribution in [0.25, 0.3) is 10.9 Å². The predicted octanol–water partition coefficient (Wildman–Crippen LogP) is 5.67. The average molecular weight is 256 g/mol. The molecule has 1 nitrogen and oxygen atoms in total. The molecule has 1 radical (unpaired) electrons. The molecule has 1 N–H and O–H groups in total. The SMILES string of the molecule is CCCCCCC[CH]CCc1c[nH]c2ccccc12. The molecule has 1 heteroatoms. The van der Waals surface area contributed by atoms with Crippen LogP contribution >= 0.6 is 0 Å². The number of nitrogens with one attached hydrogen (secondary N) is 1. The zero-order valence-electron chi connectivity index (χ0n) is 12.1. The Morgan fingerprint density at radius 3 is 2.74 bits per heavy atom. The number of H-pyrrole nitrogens is 1.